The van der Waals surface area contributed by atoms with Crippen LogP contribution in [0, 0.1) is 56.7 Å². The van der Waals surface area contributed by atoms with Crippen LogP contribution >= 0.6 is 0 Å². The van der Waals surface area contributed by atoms with Crippen LogP contribution < -0.4 is 0 Å². The predicted molar refractivity (Wildman–Crippen MR) is 204 cm³/mol. The molecule has 0 spiro atoms. The highest BCUT2D eigenvalue weighted by atomic mass is 16.7. The first-order chi connectivity index (χ1) is 27.2. The zero-order chi connectivity index (χ0) is 42.5. The van der Waals surface area contributed by atoms with Crippen molar-refractivity contribution in [3.8, 4) is 0 Å². The number of aliphatic hydroxyl groups excluding tert-OH is 8. The van der Waals surface area contributed by atoms with E-state index in [9.17, 15) is 50.4 Å². The van der Waals surface area contributed by atoms with Crippen molar-refractivity contribution in [2.24, 2.45) is 56.7 Å². The number of ether oxygens (including phenoxy) is 5. The van der Waals surface area contributed by atoms with Crippen LogP contribution in [0.15, 0.2) is 11.6 Å². The van der Waals surface area contributed by atoms with Crippen LogP contribution in [-0.4, -0.2) is 141 Å². The monoisotopic (exact) mass is 824 g/mol. The van der Waals surface area contributed by atoms with Gasteiger partial charge in [0.2, 0.25) is 6.29 Å². The van der Waals surface area contributed by atoms with Crippen molar-refractivity contribution < 1.29 is 74.1 Å². The Morgan fingerprint density at radius 2 is 1.45 bits per heavy atom. The first-order valence-electron chi connectivity index (χ1n) is 21.5. The van der Waals surface area contributed by atoms with E-state index in [0.717, 1.165) is 45.6 Å². The number of hydrogen-bond acceptors (Lipinski definition) is 15. The molecule has 58 heavy (non-hydrogen) atoms. The maximum Gasteiger partial charge on any atom is 0.337 e. The maximum absolute atomic E-state index is 14.6. The number of fused-ring (bicyclic) bond motifs is 7. The average Bonchev–Trinajstić information content (AvgIpc) is 3.20. The van der Waals surface area contributed by atoms with Gasteiger partial charge >= 0.3 is 11.9 Å². The molecule has 0 radical (unpaired) electrons. The Bertz CT molecular complexity index is 1590. The smallest absolute Gasteiger partial charge is 0.337 e. The molecule has 0 bridgehead atoms. The Kier molecular flexibility index (Phi) is 11.9. The molecule has 5 aliphatic carbocycles. The molecule has 4 saturated carbocycles. The number of hydrogen-bond donors (Lipinski definition) is 8. The van der Waals surface area contributed by atoms with Crippen molar-refractivity contribution in [2.45, 2.75) is 167 Å². The van der Waals surface area contributed by atoms with E-state index < -0.39 is 96.9 Å². The summed E-state index contributed by atoms with van der Waals surface area (Å²) in [5.74, 6) is -0.864. The minimum atomic E-state index is -1.71. The Morgan fingerprint density at radius 1 is 0.776 bits per heavy atom. The van der Waals surface area contributed by atoms with E-state index in [0.29, 0.717) is 25.2 Å². The molecule has 0 unspecified atom stereocenters. The zero-order valence-electron chi connectivity index (χ0n) is 35.0. The molecule has 2 saturated heterocycles. The molecule has 2 heterocycles. The SMILES string of the molecule is COC(=O)[C@H]1O[C@@H](O[C@H]2CC[C@@]3(C)[C@@H](CC[C@]4(C)[C@@H]3CC=C3[C@@H]5[C@@H](C)[C@H](C)CC[C@]5(C(=O)O[C@@H]5O[C@H](CO)[C@@H](O)[C@H](O)[C@H]5O)CC[C@]34C)[C@]2(C)CO)[C@H](O)[C@@H](O)[C@@H]1O. The standard InChI is InChI=1S/C43H68O15/c1-20-10-15-43(38(53)58-36-32(50)29(47)28(46)23(18-44)55-36)17-16-41(5)22(27(43)21(20)2)8-9-25-39(3)13-12-26(40(4,19-45)24(39)11-14-42(25,41)6)56-37-33(51)30(48)31(49)34(57-37)35(52)54-7/h8,20-21,23-34,36-37,44-51H,9-19H2,1-7H3/t20-,21+,23-,24-,25-,26+,27+,28-,29+,30+,31+,32-,33-,34+,36+,37-,39+,40+,41-,42-,43+/m1/s1. The second-order valence-electron chi connectivity index (χ2n) is 20.2. The largest absolute Gasteiger partial charge is 0.467 e. The molecule has 15 nitrogen and oxygen atoms in total. The van der Waals surface area contributed by atoms with Gasteiger partial charge in [0.15, 0.2) is 12.4 Å². The molecule has 7 rings (SSSR count). The number of carbonyl (C=O) groups is 2. The van der Waals surface area contributed by atoms with Gasteiger partial charge in [0.05, 0.1) is 31.8 Å². The summed E-state index contributed by atoms with van der Waals surface area (Å²) >= 11 is 0. The third kappa shape index (κ3) is 6.30. The predicted octanol–water partition coefficient (Wildman–Crippen LogP) is 1.33. The lowest BCUT2D eigenvalue weighted by molar-refractivity contribution is -0.327. The summed E-state index contributed by atoms with van der Waals surface area (Å²) in [5, 5.41) is 84.6. The molecule has 0 aromatic heterocycles. The first kappa shape index (κ1) is 44.3. The van der Waals surface area contributed by atoms with Crippen molar-refractivity contribution in [2.75, 3.05) is 20.3 Å². The molecular formula is C43H68O15. The van der Waals surface area contributed by atoms with E-state index in [1.165, 1.54) is 5.57 Å². The van der Waals surface area contributed by atoms with Gasteiger partial charge in [-0.1, -0.05) is 53.2 Å². The normalized spacial score (nSPS) is 54.2. The van der Waals surface area contributed by atoms with E-state index in [2.05, 4.69) is 40.7 Å². The van der Waals surface area contributed by atoms with Crippen molar-refractivity contribution in [3.05, 3.63) is 11.6 Å². The van der Waals surface area contributed by atoms with Gasteiger partial charge in [-0.3, -0.25) is 4.79 Å². The topological polar surface area (TPSA) is 242 Å². The summed E-state index contributed by atoms with van der Waals surface area (Å²) < 4.78 is 28.5. The quantitative estimate of drug-likeness (QED) is 0.103. The van der Waals surface area contributed by atoms with Crippen molar-refractivity contribution in [3.63, 3.8) is 0 Å². The van der Waals surface area contributed by atoms with Crippen molar-refractivity contribution in [1.29, 1.82) is 0 Å². The summed E-state index contributed by atoms with van der Waals surface area (Å²) in [4.78, 5) is 27.0. The highest BCUT2D eigenvalue weighted by Crippen LogP contribution is 2.76. The number of rotatable bonds is 7. The van der Waals surface area contributed by atoms with Crippen LogP contribution in [0.2, 0.25) is 0 Å². The summed E-state index contributed by atoms with van der Waals surface area (Å²) in [6.07, 6.45) is -7.54. The van der Waals surface area contributed by atoms with E-state index in [1.54, 1.807) is 0 Å². The van der Waals surface area contributed by atoms with Crippen LogP contribution in [0.1, 0.15) is 99.3 Å². The molecule has 6 fully saturated rings. The van der Waals surface area contributed by atoms with Gasteiger partial charge in [-0.25, -0.2) is 4.79 Å². The lowest BCUT2D eigenvalue weighted by Crippen LogP contribution is -2.67. The second kappa shape index (κ2) is 15.5. The van der Waals surface area contributed by atoms with Gasteiger partial charge in [-0.05, 0) is 104 Å². The lowest BCUT2D eigenvalue weighted by atomic mass is 9.33. The van der Waals surface area contributed by atoms with Crippen molar-refractivity contribution in [1.82, 2.24) is 0 Å². The fourth-order valence-electron chi connectivity index (χ4n) is 13.9. The Hall–Kier alpha value is -1.76. The van der Waals surface area contributed by atoms with Crippen LogP contribution in [0.5, 0.6) is 0 Å². The molecule has 0 aromatic carbocycles. The van der Waals surface area contributed by atoms with Gasteiger partial charge in [-0.15, -0.1) is 0 Å². The summed E-state index contributed by atoms with van der Waals surface area (Å²) in [7, 11) is 1.14. The number of allylic oxidation sites excluding steroid dienone is 2. The molecule has 2 aliphatic heterocycles. The molecule has 21 atom stereocenters. The van der Waals surface area contributed by atoms with E-state index in [4.69, 9.17) is 23.7 Å². The fraction of sp³-hybridized carbons (Fsp3) is 0.907. The number of carbonyl (C=O) groups excluding carboxylic acids is 2. The fourth-order valence-corrected chi connectivity index (χ4v) is 13.9. The minimum Gasteiger partial charge on any atom is -0.467 e. The first-order valence-corrected chi connectivity index (χ1v) is 21.5. The minimum absolute atomic E-state index is 0.00199. The van der Waals surface area contributed by atoms with E-state index >= 15 is 0 Å². The average molecular weight is 825 g/mol. The van der Waals surface area contributed by atoms with Gasteiger partial charge in [0.1, 0.15) is 42.7 Å². The third-order valence-corrected chi connectivity index (χ3v) is 17.9. The highest BCUT2D eigenvalue weighted by molar-refractivity contribution is 5.79. The van der Waals surface area contributed by atoms with Crippen LogP contribution in [0.3, 0.4) is 0 Å². The zero-order valence-corrected chi connectivity index (χ0v) is 35.0. The molecule has 0 aromatic rings. The summed E-state index contributed by atoms with van der Waals surface area (Å²) in [5.41, 5.74) is -1.11. The van der Waals surface area contributed by atoms with Crippen LogP contribution in [0.25, 0.3) is 0 Å². The number of esters is 2. The van der Waals surface area contributed by atoms with Gasteiger partial charge < -0.3 is 64.5 Å². The third-order valence-electron chi connectivity index (χ3n) is 17.9. The molecular weight excluding hydrogens is 756 g/mol. The van der Waals surface area contributed by atoms with Crippen LogP contribution in [0.4, 0.5) is 0 Å². The lowest BCUT2D eigenvalue weighted by Gasteiger charge is -2.71. The molecule has 8 N–H and O–H groups in total. The Balaban J connectivity index is 1.17. The molecule has 15 heteroatoms. The summed E-state index contributed by atoms with van der Waals surface area (Å²) in [6, 6.07) is 0. The second-order valence-corrected chi connectivity index (χ2v) is 20.2. The highest BCUT2D eigenvalue weighted by Gasteiger charge is 2.71. The van der Waals surface area contributed by atoms with Gasteiger partial charge in [0.25, 0.3) is 0 Å². The van der Waals surface area contributed by atoms with E-state index in [1.807, 2.05) is 6.92 Å². The van der Waals surface area contributed by atoms with Crippen molar-refractivity contribution >= 4 is 11.9 Å². The van der Waals surface area contributed by atoms with Gasteiger partial charge in [0, 0.05) is 5.41 Å². The summed E-state index contributed by atoms with van der Waals surface area (Å²) in [6.45, 7) is 12.7. The Labute approximate surface area is 341 Å². The van der Waals surface area contributed by atoms with E-state index in [-0.39, 0.29) is 46.5 Å². The number of aliphatic hydroxyl groups is 8. The number of methoxy groups -OCH3 is 1. The molecule has 7 aliphatic rings. The van der Waals surface area contributed by atoms with Gasteiger partial charge in [-0.2, -0.15) is 0 Å². The molecule has 0 amide bonds. The maximum atomic E-state index is 14.6. The molecule has 330 valence electrons. The van der Waals surface area contributed by atoms with Crippen LogP contribution in [-0.2, 0) is 33.3 Å². The Morgan fingerprint density at radius 3 is 2.10 bits per heavy atom.